The van der Waals surface area contributed by atoms with Gasteiger partial charge in [0.25, 0.3) is 0 Å². The number of allylic oxidation sites excluding steroid dienone is 4. The molecule has 0 amide bonds. The number of hydrogen-bond donors (Lipinski definition) is 2. The zero-order valence-electron chi connectivity index (χ0n) is 14.4. The summed E-state index contributed by atoms with van der Waals surface area (Å²) in [6.45, 7) is 9.30. The Labute approximate surface area is 146 Å². The van der Waals surface area contributed by atoms with E-state index in [2.05, 4.69) is 11.3 Å². The number of aryl methyl sites for hydroxylation is 1. The van der Waals surface area contributed by atoms with Gasteiger partial charge in [-0.15, -0.1) is 0 Å². The van der Waals surface area contributed by atoms with Gasteiger partial charge >= 0.3 is 5.97 Å². The Hall–Kier alpha value is -1.98. The molecule has 0 aliphatic rings. The van der Waals surface area contributed by atoms with Crippen LogP contribution < -0.4 is 4.72 Å². The van der Waals surface area contributed by atoms with Crippen molar-refractivity contribution in [3.8, 4) is 0 Å². The molecule has 0 heterocycles. The summed E-state index contributed by atoms with van der Waals surface area (Å²) in [5.41, 5.74) is 3.18. The van der Waals surface area contributed by atoms with Crippen LogP contribution in [-0.2, 0) is 15.8 Å². The molecule has 2 N–H and O–H groups in total. The first-order chi connectivity index (χ1) is 11.3. The van der Waals surface area contributed by atoms with E-state index < -0.39 is 23.0 Å². The van der Waals surface area contributed by atoms with Crippen molar-refractivity contribution in [3.63, 3.8) is 0 Å². The lowest BCUT2D eigenvalue weighted by Crippen LogP contribution is -2.42. The van der Waals surface area contributed by atoms with Gasteiger partial charge in [0.05, 0.1) is 16.7 Å². The Bertz CT molecular complexity index is 645. The first kappa shape index (κ1) is 20.1. The van der Waals surface area contributed by atoms with E-state index in [0.29, 0.717) is 0 Å². The topological polar surface area (TPSA) is 66.4 Å². The summed E-state index contributed by atoms with van der Waals surface area (Å²) in [6.07, 6.45) is 7.23. The van der Waals surface area contributed by atoms with Crippen molar-refractivity contribution < 1.29 is 14.1 Å². The molecule has 0 saturated carbocycles. The first-order valence-electron chi connectivity index (χ1n) is 7.78. The summed E-state index contributed by atoms with van der Waals surface area (Å²) < 4.78 is 14.7. The molecule has 1 rings (SSSR count). The highest BCUT2D eigenvalue weighted by Gasteiger charge is 2.22. The van der Waals surface area contributed by atoms with Crippen LogP contribution >= 0.6 is 0 Å². The van der Waals surface area contributed by atoms with Gasteiger partial charge < -0.3 is 5.11 Å². The van der Waals surface area contributed by atoms with Gasteiger partial charge in [-0.05, 0) is 24.0 Å². The number of benzene rings is 1. The molecule has 2 atom stereocenters. The minimum absolute atomic E-state index is 0.140. The molecular formula is C19H25NO3S. The molecular weight excluding hydrogens is 322 g/mol. The average molecular weight is 347 g/mol. The van der Waals surface area contributed by atoms with E-state index >= 15 is 0 Å². The Morgan fingerprint density at radius 1 is 1.33 bits per heavy atom. The Morgan fingerprint density at radius 2 is 1.96 bits per heavy atom. The number of carboxylic acids is 1. The molecule has 1 aromatic rings. The van der Waals surface area contributed by atoms with Crippen molar-refractivity contribution in [2.24, 2.45) is 5.92 Å². The second-order valence-corrected chi connectivity index (χ2v) is 7.08. The molecule has 130 valence electrons. The summed E-state index contributed by atoms with van der Waals surface area (Å²) in [7, 11) is -1.44. The van der Waals surface area contributed by atoms with Crippen LogP contribution in [-0.4, -0.2) is 27.1 Å². The van der Waals surface area contributed by atoms with E-state index in [4.69, 9.17) is 5.11 Å². The molecule has 2 unspecified atom stereocenters. The van der Waals surface area contributed by atoms with Gasteiger partial charge in [-0.3, -0.25) is 4.79 Å². The van der Waals surface area contributed by atoms with Crippen molar-refractivity contribution in [3.05, 3.63) is 66.3 Å². The second-order valence-electron chi connectivity index (χ2n) is 5.82. The Balaban J connectivity index is 2.73. The molecule has 0 aromatic heterocycles. The lowest BCUT2D eigenvalue weighted by atomic mass is 10.0. The van der Waals surface area contributed by atoms with E-state index in [1.165, 1.54) is 5.56 Å². The third-order valence-electron chi connectivity index (χ3n) is 3.42. The average Bonchev–Trinajstić information content (AvgIpc) is 2.52. The van der Waals surface area contributed by atoms with Crippen LogP contribution in [0.2, 0.25) is 0 Å². The molecule has 0 aliphatic carbocycles. The molecule has 0 fully saturated rings. The lowest BCUT2D eigenvalue weighted by molar-refractivity contribution is -0.140. The standard InChI is InChI=1S/C19H25NO3S/c1-5-7-16(17-11-9-15(4)10-12-17)8-6-13-24(23)20-18(14(2)3)19(21)22/h5-12,14,18,20H,1,13H2,2-4H3,(H,21,22)/b8-6-,16-7+. The van der Waals surface area contributed by atoms with Crippen LogP contribution in [0.15, 0.2) is 55.1 Å². The lowest BCUT2D eigenvalue weighted by Gasteiger charge is -2.16. The van der Waals surface area contributed by atoms with E-state index in [-0.39, 0.29) is 11.7 Å². The first-order valence-corrected chi connectivity index (χ1v) is 9.10. The van der Waals surface area contributed by atoms with E-state index in [1.807, 2.05) is 43.3 Å². The number of aliphatic carboxylic acids is 1. The fraction of sp³-hybridized carbons (Fsp3) is 0.316. The fourth-order valence-electron chi connectivity index (χ4n) is 2.04. The van der Waals surface area contributed by atoms with E-state index in [1.54, 1.807) is 26.0 Å². The summed E-state index contributed by atoms with van der Waals surface area (Å²) in [5, 5.41) is 9.11. The predicted molar refractivity (Wildman–Crippen MR) is 101 cm³/mol. The maximum absolute atomic E-state index is 12.0. The summed E-state index contributed by atoms with van der Waals surface area (Å²) >= 11 is 0. The van der Waals surface area contributed by atoms with Crippen LogP contribution in [0.5, 0.6) is 0 Å². The van der Waals surface area contributed by atoms with Crippen molar-refractivity contribution in [2.75, 3.05) is 5.75 Å². The molecule has 1 aromatic carbocycles. The van der Waals surface area contributed by atoms with Crippen LogP contribution in [0, 0.1) is 12.8 Å². The molecule has 0 aliphatic heterocycles. The minimum Gasteiger partial charge on any atom is -0.480 e. The molecule has 24 heavy (non-hydrogen) atoms. The number of nitrogens with one attached hydrogen (secondary N) is 1. The van der Waals surface area contributed by atoms with Gasteiger partial charge in [0.1, 0.15) is 6.04 Å². The van der Waals surface area contributed by atoms with Crippen LogP contribution in [0.25, 0.3) is 5.57 Å². The monoisotopic (exact) mass is 347 g/mol. The summed E-state index contributed by atoms with van der Waals surface area (Å²) in [5.74, 6) is -0.898. The largest absolute Gasteiger partial charge is 0.480 e. The maximum atomic E-state index is 12.0. The third kappa shape index (κ3) is 6.64. The Morgan fingerprint density at radius 3 is 2.46 bits per heavy atom. The number of carbonyl (C=O) groups is 1. The fourth-order valence-corrected chi connectivity index (χ4v) is 3.07. The quantitative estimate of drug-likeness (QED) is 0.672. The van der Waals surface area contributed by atoms with Gasteiger partial charge in [-0.2, -0.15) is 0 Å². The van der Waals surface area contributed by atoms with Gasteiger partial charge in [0.15, 0.2) is 0 Å². The van der Waals surface area contributed by atoms with Gasteiger partial charge in [0.2, 0.25) is 0 Å². The normalized spacial score (nSPS) is 14.8. The third-order valence-corrected chi connectivity index (χ3v) is 4.43. The van der Waals surface area contributed by atoms with Gasteiger partial charge in [0, 0.05) is 0 Å². The molecule has 0 spiro atoms. The maximum Gasteiger partial charge on any atom is 0.321 e. The smallest absolute Gasteiger partial charge is 0.321 e. The Kier molecular flexibility index (Phi) is 8.36. The SMILES string of the molecule is C=C/C=C(\C=C/CS(=O)NC(C(=O)O)C(C)C)c1ccc(C)cc1. The number of rotatable bonds is 9. The van der Waals surface area contributed by atoms with Crippen molar-refractivity contribution in [2.45, 2.75) is 26.8 Å². The highest BCUT2D eigenvalue weighted by atomic mass is 32.2. The van der Waals surface area contributed by atoms with Crippen LogP contribution in [0.3, 0.4) is 0 Å². The van der Waals surface area contributed by atoms with Crippen molar-refractivity contribution >= 4 is 22.5 Å². The van der Waals surface area contributed by atoms with Gasteiger partial charge in [-0.1, -0.05) is 74.6 Å². The number of carboxylic acid groups (broad SMARTS) is 1. The molecule has 0 saturated heterocycles. The van der Waals surface area contributed by atoms with Crippen LogP contribution in [0.4, 0.5) is 0 Å². The van der Waals surface area contributed by atoms with Crippen molar-refractivity contribution in [1.82, 2.24) is 4.72 Å². The van der Waals surface area contributed by atoms with E-state index in [9.17, 15) is 9.00 Å². The molecule has 5 heteroatoms. The van der Waals surface area contributed by atoms with E-state index in [0.717, 1.165) is 11.1 Å². The highest BCUT2D eigenvalue weighted by molar-refractivity contribution is 7.83. The zero-order chi connectivity index (χ0) is 18.1. The molecule has 4 nitrogen and oxygen atoms in total. The minimum atomic E-state index is -1.44. The second kappa shape index (κ2) is 10.0. The summed E-state index contributed by atoms with van der Waals surface area (Å²) in [6, 6.07) is 7.27. The highest BCUT2D eigenvalue weighted by Crippen LogP contribution is 2.17. The summed E-state index contributed by atoms with van der Waals surface area (Å²) in [4.78, 5) is 11.1. The molecule has 0 bridgehead atoms. The predicted octanol–water partition coefficient (Wildman–Crippen LogP) is 3.48. The number of hydrogen-bond acceptors (Lipinski definition) is 2. The van der Waals surface area contributed by atoms with Gasteiger partial charge in [-0.25, -0.2) is 8.93 Å². The van der Waals surface area contributed by atoms with Crippen molar-refractivity contribution in [1.29, 1.82) is 0 Å². The van der Waals surface area contributed by atoms with Crippen LogP contribution in [0.1, 0.15) is 25.0 Å². The zero-order valence-corrected chi connectivity index (χ0v) is 15.2. The molecule has 0 radical (unpaired) electrons.